The second-order valence-corrected chi connectivity index (χ2v) is 5.10. The summed E-state index contributed by atoms with van der Waals surface area (Å²) >= 11 is 5.86. The molecule has 0 bridgehead atoms. The van der Waals surface area contributed by atoms with Gasteiger partial charge in [0.05, 0.1) is 17.6 Å². The Kier molecular flexibility index (Phi) is 5.58. The Morgan fingerprint density at radius 1 is 1.45 bits per heavy atom. The minimum Gasteiger partial charge on any atom is -0.377 e. The number of hydrogen-bond acceptors (Lipinski definition) is 5. The minimum absolute atomic E-state index is 0.0243. The average Bonchev–Trinajstić information content (AvgIpc) is 2.44. The Bertz CT molecular complexity index is 464. The summed E-state index contributed by atoms with van der Waals surface area (Å²) in [4.78, 5) is 10.5. The van der Waals surface area contributed by atoms with E-state index in [0.29, 0.717) is 23.9 Å². The molecule has 6 nitrogen and oxygen atoms in total. The highest BCUT2D eigenvalue weighted by Crippen LogP contribution is 2.27. The van der Waals surface area contributed by atoms with Crippen LogP contribution in [-0.4, -0.2) is 37.3 Å². The molecular weight excluding hydrogens is 282 g/mol. The minimum atomic E-state index is -0.424. The van der Waals surface area contributed by atoms with Gasteiger partial charge in [0.1, 0.15) is 5.69 Å². The van der Waals surface area contributed by atoms with Crippen LogP contribution in [0.15, 0.2) is 18.2 Å². The van der Waals surface area contributed by atoms with Crippen molar-refractivity contribution in [3.63, 3.8) is 0 Å². The van der Waals surface area contributed by atoms with Crippen LogP contribution in [0.5, 0.6) is 0 Å². The van der Waals surface area contributed by atoms with Gasteiger partial charge in [-0.25, -0.2) is 0 Å². The highest BCUT2D eigenvalue weighted by Gasteiger charge is 2.15. The van der Waals surface area contributed by atoms with Crippen LogP contribution in [0.3, 0.4) is 0 Å². The third-order valence-corrected chi connectivity index (χ3v) is 3.45. The van der Waals surface area contributed by atoms with Gasteiger partial charge in [-0.3, -0.25) is 10.1 Å². The van der Waals surface area contributed by atoms with Gasteiger partial charge < -0.3 is 15.4 Å². The number of nitro benzene ring substituents is 1. The smallest absolute Gasteiger partial charge is 0.292 e. The molecule has 0 spiro atoms. The number of nitrogens with one attached hydrogen (secondary N) is 2. The molecule has 7 heteroatoms. The van der Waals surface area contributed by atoms with Crippen molar-refractivity contribution in [3.8, 4) is 0 Å². The maximum absolute atomic E-state index is 10.9. The molecule has 2 N–H and O–H groups in total. The molecule has 1 fully saturated rings. The summed E-state index contributed by atoms with van der Waals surface area (Å²) in [6.07, 6.45) is 2.31. The van der Waals surface area contributed by atoms with E-state index in [9.17, 15) is 10.1 Å². The van der Waals surface area contributed by atoms with E-state index in [2.05, 4.69) is 10.6 Å². The molecule has 1 saturated heterocycles. The molecule has 0 aromatic heterocycles. The molecule has 0 radical (unpaired) electrons. The van der Waals surface area contributed by atoms with Gasteiger partial charge in [0.25, 0.3) is 5.69 Å². The molecule has 110 valence electrons. The highest BCUT2D eigenvalue weighted by atomic mass is 35.5. The normalized spacial score (nSPS) is 16.1. The number of nitro groups is 1. The highest BCUT2D eigenvalue weighted by molar-refractivity contribution is 6.31. The Morgan fingerprint density at radius 2 is 2.20 bits per heavy atom. The van der Waals surface area contributed by atoms with Gasteiger partial charge in [-0.1, -0.05) is 11.6 Å². The van der Waals surface area contributed by atoms with E-state index in [-0.39, 0.29) is 11.8 Å². The summed E-state index contributed by atoms with van der Waals surface area (Å²) in [6, 6.07) is 4.47. The molecule has 1 aliphatic rings. The molecule has 0 atom stereocenters. The largest absolute Gasteiger partial charge is 0.377 e. The van der Waals surface area contributed by atoms with Crippen LogP contribution >= 0.6 is 11.6 Å². The predicted octanol–water partition coefficient (Wildman–Crippen LogP) is 2.43. The van der Waals surface area contributed by atoms with E-state index >= 15 is 0 Å². The molecule has 2 rings (SSSR count). The Balaban J connectivity index is 1.81. The first-order chi connectivity index (χ1) is 9.66. The number of rotatable bonds is 6. The Labute approximate surface area is 122 Å². The summed E-state index contributed by atoms with van der Waals surface area (Å²) < 4.78 is 5.73. The molecule has 1 aromatic rings. The first kappa shape index (κ1) is 15.0. The van der Waals surface area contributed by atoms with E-state index in [4.69, 9.17) is 16.3 Å². The zero-order chi connectivity index (χ0) is 14.4. The van der Waals surface area contributed by atoms with Crippen molar-refractivity contribution in [2.45, 2.75) is 18.9 Å². The van der Waals surface area contributed by atoms with Gasteiger partial charge in [-0.05, 0) is 38.1 Å². The predicted molar refractivity (Wildman–Crippen MR) is 78.4 cm³/mol. The monoisotopic (exact) mass is 299 g/mol. The van der Waals surface area contributed by atoms with Crippen molar-refractivity contribution >= 4 is 23.0 Å². The molecular formula is C13H18ClN3O3. The number of nitrogens with zero attached hydrogens (tertiary/aromatic N) is 1. The summed E-state index contributed by atoms with van der Waals surface area (Å²) in [7, 11) is 0. The van der Waals surface area contributed by atoms with E-state index < -0.39 is 4.92 Å². The summed E-state index contributed by atoms with van der Waals surface area (Å²) in [6.45, 7) is 3.01. The Morgan fingerprint density at radius 3 is 2.90 bits per heavy atom. The third kappa shape index (κ3) is 4.33. The maximum Gasteiger partial charge on any atom is 0.292 e. The molecule has 0 amide bonds. The fourth-order valence-corrected chi connectivity index (χ4v) is 2.35. The van der Waals surface area contributed by atoms with Crippen molar-refractivity contribution in [3.05, 3.63) is 33.3 Å². The molecule has 0 unspecified atom stereocenters. The van der Waals surface area contributed by atoms with Crippen molar-refractivity contribution < 1.29 is 9.66 Å². The number of anilines is 1. The average molecular weight is 300 g/mol. The number of ether oxygens (including phenoxy) is 1. The topological polar surface area (TPSA) is 76.4 Å². The van der Waals surface area contributed by atoms with Crippen molar-refractivity contribution in [2.75, 3.05) is 31.6 Å². The molecule has 1 heterocycles. The van der Waals surface area contributed by atoms with Crippen LogP contribution in [0.25, 0.3) is 0 Å². The second-order valence-electron chi connectivity index (χ2n) is 4.67. The van der Waals surface area contributed by atoms with Gasteiger partial charge in [0, 0.05) is 17.6 Å². The van der Waals surface area contributed by atoms with Crippen LogP contribution in [-0.2, 0) is 4.74 Å². The number of halogens is 1. The van der Waals surface area contributed by atoms with E-state index in [1.165, 1.54) is 12.1 Å². The quantitative estimate of drug-likeness (QED) is 0.479. The SMILES string of the molecule is O=[N+]([O-])c1ccc(Cl)cc1NCCOC1CCNCC1. The fraction of sp³-hybridized carbons (Fsp3) is 0.538. The van der Waals surface area contributed by atoms with Crippen molar-refractivity contribution in [1.82, 2.24) is 5.32 Å². The lowest BCUT2D eigenvalue weighted by Gasteiger charge is -2.23. The maximum atomic E-state index is 10.9. The van der Waals surface area contributed by atoms with Crippen LogP contribution < -0.4 is 10.6 Å². The van der Waals surface area contributed by atoms with Crippen LogP contribution in [0, 0.1) is 10.1 Å². The lowest BCUT2D eigenvalue weighted by molar-refractivity contribution is -0.384. The number of benzene rings is 1. The molecule has 0 aliphatic carbocycles. The van der Waals surface area contributed by atoms with Crippen molar-refractivity contribution in [2.24, 2.45) is 0 Å². The van der Waals surface area contributed by atoms with Crippen LogP contribution in [0.4, 0.5) is 11.4 Å². The molecule has 20 heavy (non-hydrogen) atoms. The lowest BCUT2D eigenvalue weighted by Crippen LogP contribution is -2.33. The first-order valence-electron chi connectivity index (χ1n) is 6.67. The zero-order valence-corrected chi connectivity index (χ0v) is 11.9. The van der Waals surface area contributed by atoms with Gasteiger partial charge in [-0.15, -0.1) is 0 Å². The zero-order valence-electron chi connectivity index (χ0n) is 11.1. The van der Waals surface area contributed by atoms with Gasteiger partial charge in [0.2, 0.25) is 0 Å². The lowest BCUT2D eigenvalue weighted by atomic mass is 10.1. The molecule has 1 aromatic carbocycles. The number of hydrogen-bond donors (Lipinski definition) is 2. The first-order valence-corrected chi connectivity index (χ1v) is 7.05. The molecule has 0 saturated carbocycles. The van der Waals surface area contributed by atoms with Crippen molar-refractivity contribution in [1.29, 1.82) is 0 Å². The molecule has 1 aliphatic heterocycles. The van der Waals surface area contributed by atoms with Gasteiger partial charge in [0.15, 0.2) is 0 Å². The van der Waals surface area contributed by atoms with E-state index in [1.807, 2.05) is 0 Å². The second kappa shape index (κ2) is 7.42. The Hall–Kier alpha value is -1.37. The summed E-state index contributed by atoms with van der Waals surface area (Å²) in [5.74, 6) is 0. The van der Waals surface area contributed by atoms with Gasteiger partial charge >= 0.3 is 0 Å². The fourth-order valence-electron chi connectivity index (χ4n) is 2.18. The third-order valence-electron chi connectivity index (χ3n) is 3.21. The van der Waals surface area contributed by atoms with E-state index in [1.54, 1.807) is 6.07 Å². The summed E-state index contributed by atoms with van der Waals surface area (Å²) in [5, 5.41) is 17.6. The van der Waals surface area contributed by atoms with Crippen LogP contribution in [0.2, 0.25) is 5.02 Å². The van der Waals surface area contributed by atoms with Gasteiger partial charge in [-0.2, -0.15) is 0 Å². The summed E-state index contributed by atoms with van der Waals surface area (Å²) in [5.41, 5.74) is 0.452. The number of piperidine rings is 1. The van der Waals surface area contributed by atoms with Crippen LogP contribution in [0.1, 0.15) is 12.8 Å². The van der Waals surface area contributed by atoms with E-state index in [0.717, 1.165) is 25.9 Å². The standard InChI is InChI=1S/C13H18ClN3O3/c14-10-1-2-13(17(18)19)12(9-10)16-7-8-20-11-3-5-15-6-4-11/h1-2,9,11,15-16H,3-8H2.